The number of carboxylic acid groups (broad SMARTS) is 1. The molecule has 0 saturated carbocycles. The maximum Gasteiger partial charge on any atom is 0.344 e. The lowest BCUT2D eigenvalue weighted by Crippen LogP contribution is -2.29. The summed E-state index contributed by atoms with van der Waals surface area (Å²) in [5, 5.41) is 9.19. The van der Waals surface area contributed by atoms with Gasteiger partial charge in [-0.05, 0) is 55.9 Å². The normalized spacial score (nSPS) is 12.6. The third-order valence-electron chi connectivity index (χ3n) is 2.99. The van der Waals surface area contributed by atoms with E-state index in [4.69, 9.17) is 4.74 Å². The summed E-state index contributed by atoms with van der Waals surface area (Å²) in [7, 11) is 0. The third kappa shape index (κ3) is 3.76. The Kier molecular flexibility index (Phi) is 4.76. The van der Waals surface area contributed by atoms with E-state index in [2.05, 4.69) is 6.07 Å². The van der Waals surface area contributed by atoms with E-state index in [-0.39, 0.29) is 5.92 Å². The van der Waals surface area contributed by atoms with E-state index in [1.165, 1.54) is 0 Å². The predicted octanol–water partition coefficient (Wildman–Crippen LogP) is 3.49. The van der Waals surface area contributed by atoms with Crippen molar-refractivity contribution >= 4 is 5.97 Å². The maximum atomic E-state index is 11.2. The molecule has 0 amide bonds. The number of aliphatic carboxylic acids is 1. The van der Waals surface area contributed by atoms with Crippen LogP contribution in [0.15, 0.2) is 12.1 Å². The van der Waals surface area contributed by atoms with Crippen LogP contribution in [0, 0.1) is 26.7 Å². The van der Waals surface area contributed by atoms with E-state index in [0.717, 1.165) is 16.7 Å². The first kappa shape index (κ1) is 14.6. The summed E-state index contributed by atoms with van der Waals surface area (Å²) in [6.45, 7) is 9.94. The van der Waals surface area contributed by atoms with Gasteiger partial charge in [-0.15, -0.1) is 0 Å². The molecule has 0 saturated heterocycles. The molecule has 18 heavy (non-hydrogen) atoms. The zero-order chi connectivity index (χ0) is 13.9. The molecule has 0 aliphatic carbocycles. The van der Waals surface area contributed by atoms with Gasteiger partial charge >= 0.3 is 5.97 Å². The molecule has 1 atom stereocenters. The van der Waals surface area contributed by atoms with Crippen LogP contribution < -0.4 is 4.74 Å². The van der Waals surface area contributed by atoms with Gasteiger partial charge in [-0.2, -0.15) is 0 Å². The number of aryl methyl sites for hydroxylation is 2. The smallest absolute Gasteiger partial charge is 0.344 e. The highest BCUT2D eigenvalue weighted by molar-refractivity contribution is 5.72. The van der Waals surface area contributed by atoms with Crippen LogP contribution in [0.4, 0.5) is 0 Å². The standard InChI is InChI=1S/C15H22O3/c1-9(2)6-14(15(16)17)18-13-8-10(3)7-11(4)12(13)5/h7-9,14H,6H2,1-5H3,(H,16,17)/t14-/m1/s1. The first-order valence-electron chi connectivity index (χ1n) is 6.28. The molecule has 3 heteroatoms. The molecule has 0 fully saturated rings. The fraction of sp³-hybridized carbons (Fsp3) is 0.533. The Morgan fingerprint density at radius 3 is 2.39 bits per heavy atom. The summed E-state index contributed by atoms with van der Waals surface area (Å²) in [5.41, 5.74) is 3.22. The van der Waals surface area contributed by atoms with Gasteiger partial charge < -0.3 is 9.84 Å². The summed E-state index contributed by atoms with van der Waals surface area (Å²) in [4.78, 5) is 11.2. The molecule has 0 heterocycles. The monoisotopic (exact) mass is 250 g/mol. The molecular formula is C15H22O3. The summed E-state index contributed by atoms with van der Waals surface area (Å²) >= 11 is 0. The molecule has 0 unspecified atom stereocenters. The Hall–Kier alpha value is -1.51. The molecule has 0 aromatic heterocycles. The van der Waals surface area contributed by atoms with Gasteiger partial charge in [0.25, 0.3) is 0 Å². The van der Waals surface area contributed by atoms with Crippen molar-refractivity contribution in [1.82, 2.24) is 0 Å². The highest BCUT2D eigenvalue weighted by Crippen LogP contribution is 2.25. The number of rotatable bonds is 5. The number of ether oxygens (including phenoxy) is 1. The van der Waals surface area contributed by atoms with E-state index < -0.39 is 12.1 Å². The Bertz CT molecular complexity index is 436. The molecule has 1 N–H and O–H groups in total. The van der Waals surface area contributed by atoms with Gasteiger partial charge in [0.15, 0.2) is 6.10 Å². The van der Waals surface area contributed by atoms with E-state index in [1.807, 2.05) is 40.7 Å². The highest BCUT2D eigenvalue weighted by Gasteiger charge is 2.21. The van der Waals surface area contributed by atoms with Gasteiger partial charge in [0.05, 0.1) is 0 Å². The Labute approximate surface area is 109 Å². The third-order valence-corrected chi connectivity index (χ3v) is 2.99. The maximum absolute atomic E-state index is 11.2. The summed E-state index contributed by atoms with van der Waals surface area (Å²) in [5.74, 6) is 0.0696. The first-order chi connectivity index (χ1) is 8.31. The van der Waals surface area contributed by atoms with Crippen LogP contribution >= 0.6 is 0 Å². The zero-order valence-corrected chi connectivity index (χ0v) is 11.8. The first-order valence-corrected chi connectivity index (χ1v) is 6.28. The molecule has 0 aliphatic rings. The van der Waals surface area contributed by atoms with Gasteiger partial charge in [-0.3, -0.25) is 0 Å². The van der Waals surface area contributed by atoms with Crippen LogP contribution in [0.5, 0.6) is 5.75 Å². The van der Waals surface area contributed by atoms with Crippen molar-refractivity contribution in [3.05, 3.63) is 28.8 Å². The molecule has 0 radical (unpaired) electrons. The Balaban J connectivity index is 2.97. The average molecular weight is 250 g/mol. The van der Waals surface area contributed by atoms with Crippen LogP contribution in [0.1, 0.15) is 37.0 Å². The van der Waals surface area contributed by atoms with E-state index in [9.17, 15) is 9.90 Å². The second-order valence-corrected chi connectivity index (χ2v) is 5.28. The van der Waals surface area contributed by atoms with Gasteiger partial charge in [-0.25, -0.2) is 4.79 Å². The van der Waals surface area contributed by atoms with Crippen molar-refractivity contribution in [2.45, 2.75) is 47.1 Å². The molecular weight excluding hydrogens is 228 g/mol. The van der Waals surface area contributed by atoms with Gasteiger partial charge in [0, 0.05) is 0 Å². The molecule has 0 aliphatic heterocycles. The van der Waals surface area contributed by atoms with Gasteiger partial charge in [-0.1, -0.05) is 19.9 Å². The molecule has 100 valence electrons. The van der Waals surface area contributed by atoms with Crippen molar-refractivity contribution < 1.29 is 14.6 Å². The van der Waals surface area contributed by atoms with Crippen LogP contribution in [0.2, 0.25) is 0 Å². The van der Waals surface area contributed by atoms with Crippen molar-refractivity contribution in [3.8, 4) is 5.75 Å². The minimum Gasteiger partial charge on any atom is -0.479 e. The number of carboxylic acids is 1. The summed E-state index contributed by atoms with van der Waals surface area (Å²) < 4.78 is 5.68. The summed E-state index contributed by atoms with van der Waals surface area (Å²) in [6.07, 6.45) is -0.258. The summed E-state index contributed by atoms with van der Waals surface area (Å²) in [6, 6.07) is 3.97. The zero-order valence-electron chi connectivity index (χ0n) is 11.8. The average Bonchev–Trinajstić information content (AvgIpc) is 2.23. The molecule has 1 rings (SSSR count). The Morgan fingerprint density at radius 1 is 1.28 bits per heavy atom. The fourth-order valence-electron chi connectivity index (χ4n) is 1.90. The molecule has 0 bridgehead atoms. The van der Waals surface area contributed by atoms with Crippen molar-refractivity contribution in [3.63, 3.8) is 0 Å². The van der Waals surface area contributed by atoms with E-state index >= 15 is 0 Å². The van der Waals surface area contributed by atoms with E-state index in [1.54, 1.807) is 0 Å². The Morgan fingerprint density at radius 2 is 1.89 bits per heavy atom. The second-order valence-electron chi connectivity index (χ2n) is 5.28. The number of benzene rings is 1. The topological polar surface area (TPSA) is 46.5 Å². The quantitative estimate of drug-likeness (QED) is 0.870. The second kappa shape index (κ2) is 5.89. The van der Waals surface area contributed by atoms with Crippen LogP contribution in [0.25, 0.3) is 0 Å². The lowest BCUT2D eigenvalue weighted by Gasteiger charge is -2.19. The van der Waals surface area contributed by atoms with Crippen molar-refractivity contribution in [2.75, 3.05) is 0 Å². The van der Waals surface area contributed by atoms with E-state index in [0.29, 0.717) is 12.2 Å². The highest BCUT2D eigenvalue weighted by atomic mass is 16.5. The van der Waals surface area contributed by atoms with Gasteiger partial charge in [0.1, 0.15) is 5.75 Å². The molecule has 1 aromatic carbocycles. The predicted molar refractivity (Wildman–Crippen MR) is 72.2 cm³/mol. The molecule has 0 spiro atoms. The lowest BCUT2D eigenvalue weighted by molar-refractivity contribution is -0.145. The number of carbonyl (C=O) groups is 1. The van der Waals surface area contributed by atoms with Crippen LogP contribution in [-0.4, -0.2) is 17.2 Å². The fourth-order valence-corrected chi connectivity index (χ4v) is 1.90. The molecule has 3 nitrogen and oxygen atoms in total. The minimum atomic E-state index is -0.901. The number of hydrogen-bond acceptors (Lipinski definition) is 2. The van der Waals surface area contributed by atoms with Crippen molar-refractivity contribution in [1.29, 1.82) is 0 Å². The lowest BCUT2D eigenvalue weighted by atomic mass is 10.0. The largest absolute Gasteiger partial charge is 0.479 e. The molecule has 1 aromatic rings. The van der Waals surface area contributed by atoms with Gasteiger partial charge in [0.2, 0.25) is 0 Å². The SMILES string of the molecule is Cc1cc(C)c(C)c(O[C@H](CC(C)C)C(=O)O)c1. The van der Waals surface area contributed by atoms with Crippen LogP contribution in [-0.2, 0) is 4.79 Å². The minimum absolute atomic E-state index is 0.289. The van der Waals surface area contributed by atoms with Crippen LogP contribution in [0.3, 0.4) is 0 Å². The van der Waals surface area contributed by atoms with Crippen molar-refractivity contribution in [2.24, 2.45) is 5.92 Å². The number of hydrogen-bond donors (Lipinski definition) is 1.